The van der Waals surface area contributed by atoms with Crippen LogP contribution in [-0.2, 0) is 11.2 Å². The lowest BCUT2D eigenvalue weighted by Gasteiger charge is -2.20. The van der Waals surface area contributed by atoms with E-state index < -0.39 is 11.6 Å². The molecule has 1 nitrogen and oxygen atoms in total. The first-order chi connectivity index (χ1) is 8.63. The number of hydrogen-bond acceptors (Lipinski definition) is 1. The smallest absolute Gasteiger partial charge is 0.159 e. The van der Waals surface area contributed by atoms with E-state index in [0.29, 0.717) is 11.5 Å². The van der Waals surface area contributed by atoms with Gasteiger partial charge in [-0.2, -0.15) is 0 Å². The van der Waals surface area contributed by atoms with Gasteiger partial charge in [0.2, 0.25) is 0 Å². The predicted molar refractivity (Wildman–Crippen MR) is 64.0 cm³/mol. The number of ketones is 1. The minimum Gasteiger partial charge on any atom is -0.299 e. The fourth-order valence-electron chi connectivity index (χ4n) is 3.62. The second kappa shape index (κ2) is 4.45. The van der Waals surface area contributed by atoms with Crippen molar-refractivity contribution in [2.24, 2.45) is 17.8 Å². The molecule has 2 bridgehead atoms. The zero-order valence-electron chi connectivity index (χ0n) is 10.2. The Morgan fingerprint density at radius 3 is 2.61 bits per heavy atom. The summed E-state index contributed by atoms with van der Waals surface area (Å²) in [5, 5.41) is 0. The molecule has 2 aliphatic rings. The van der Waals surface area contributed by atoms with E-state index in [1.165, 1.54) is 25.3 Å². The average Bonchev–Trinajstić information content (AvgIpc) is 2.96. The van der Waals surface area contributed by atoms with E-state index >= 15 is 0 Å². The number of rotatable bonds is 3. The largest absolute Gasteiger partial charge is 0.299 e. The van der Waals surface area contributed by atoms with Crippen LogP contribution < -0.4 is 0 Å². The first-order valence-corrected chi connectivity index (χ1v) is 6.60. The summed E-state index contributed by atoms with van der Waals surface area (Å²) < 4.78 is 25.9. The molecule has 0 radical (unpaired) electrons. The minimum absolute atomic E-state index is 0.164. The van der Waals surface area contributed by atoms with Crippen LogP contribution in [0.1, 0.15) is 31.2 Å². The number of carbonyl (C=O) groups excluding carboxylic acids is 1. The minimum atomic E-state index is -0.867. The quantitative estimate of drug-likeness (QED) is 0.802. The van der Waals surface area contributed by atoms with E-state index in [2.05, 4.69) is 0 Å². The lowest BCUT2D eigenvalue weighted by atomic mass is 9.83. The summed E-state index contributed by atoms with van der Waals surface area (Å²) in [7, 11) is 0. The van der Waals surface area contributed by atoms with Gasteiger partial charge in [0.15, 0.2) is 11.6 Å². The average molecular weight is 250 g/mol. The fourth-order valence-corrected chi connectivity index (χ4v) is 3.62. The van der Waals surface area contributed by atoms with Crippen LogP contribution in [0, 0.1) is 29.4 Å². The highest BCUT2D eigenvalue weighted by atomic mass is 19.2. The molecule has 2 aliphatic carbocycles. The Morgan fingerprint density at radius 1 is 1.17 bits per heavy atom. The molecule has 3 unspecified atom stereocenters. The second-order valence-electron chi connectivity index (χ2n) is 5.67. The number of hydrogen-bond donors (Lipinski definition) is 0. The Hall–Kier alpha value is -1.25. The van der Waals surface area contributed by atoms with E-state index in [4.69, 9.17) is 0 Å². The van der Waals surface area contributed by atoms with Gasteiger partial charge in [-0.3, -0.25) is 4.79 Å². The van der Waals surface area contributed by atoms with E-state index in [1.54, 1.807) is 0 Å². The summed E-state index contributed by atoms with van der Waals surface area (Å²) in [6, 6.07) is 3.74. The van der Waals surface area contributed by atoms with Crippen molar-refractivity contribution in [1.29, 1.82) is 0 Å². The Bertz CT molecular complexity index is 483. The van der Waals surface area contributed by atoms with E-state index in [1.807, 2.05) is 0 Å². The summed E-state index contributed by atoms with van der Waals surface area (Å²) in [6.45, 7) is 0. The molecular weight excluding hydrogens is 234 g/mol. The normalized spacial score (nSPS) is 29.8. The third-order valence-electron chi connectivity index (χ3n) is 4.51. The monoisotopic (exact) mass is 250 g/mol. The zero-order chi connectivity index (χ0) is 12.7. The molecule has 1 aromatic rings. The molecule has 2 fully saturated rings. The highest BCUT2D eigenvalue weighted by Crippen LogP contribution is 2.48. The number of fused-ring (bicyclic) bond motifs is 2. The van der Waals surface area contributed by atoms with Gasteiger partial charge in [0.1, 0.15) is 5.78 Å². The van der Waals surface area contributed by atoms with Crippen LogP contribution in [0.3, 0.4) is 0 Å². The topological polar surface area (TPSA) is 17.1 Å². The first kappa shape index (κ1) is 11.8. The molecule has 2 saturated carbocycles. The maximum Gasteiger partial charge on any atom is 0.159 e. The van der Waals surface area contributed by atoms with Gasteiger partial charge < -0.3 is 0 Å². The SMILES string of the molecule is O=C(Cc1ccc(F)c(F)c1)C1CC2CCC1C2. The first-order valence-electron chi connectivity index (χ1n) is 6.60. The van der Waals surface area contributed by atoms with Crippen molar-refractivity contribution in [3.63, 3.8) is 0 Å². The van der Waals surface area contributed by atoms with Crippen molar-refractivity contribution in [1.82, 2.24) is 0 Å². The van der Waals surface area contributed by atoms with Crippen LogP contribution in [0.5, 0.6) is 0 Å². The molecule has 0 N–H and O–H groups in total. The van der Waals surface area contributed by atoms with Gasteiger partial charge in [-0.05, 0) is 48.8 Å². The van der Waals surface area contributed by atoms with E-state index in [9.17, 15) is 13.6 Å². The Kier molecular flexibility index (Phi) is 2.92. The molecule has 0 heterocycles. The van der Waals surface area contributed by atoms with Crippen molar-refractivity contribution in [3.05, 3.63) is 35.4 Å². The van der Waals surface area contributed by atoms with Gasteiger partial charge >= 0.3 is 0 Å². The summed E-state index contributed by atoms with van der Waals surface area (Å²) in [5.41, 5.74) is 0.585. The Balaban J connectivity index is 1.69. The van der Waals surface area contributed by atoms with Gasteiger partial charge in [0.05, 0.1) is 0 Å². The van der Waals surface area contributed by atoms with Crippen molar-refractivity contribution < 1.29 is 13.6 Å². The standard InChI is InChI=1S/C15H16F2O/c16-13-4-2-10(7-14(13)17)8-15(18)12-6-9-1-3-11(12)5-9/h2,4,7,9,11-12H,1,3,5-6,8H2. The molecule has 3 heteroatoms. The number of carbonyl (C=O) groups is 1. The summed E-state index contributed by atoms with van der Waals surface area (Å²) in [4.78, 5) is 12.2. The third kappa shape index (κ3) is 2.06. The Labute approximate surface area is 105 Å². The molecule has 0 spiro atoms. The molecule has 18 heavy (non-hydrogen) atoms. The van der Waals surface area contributed by atoms with Gasteiger partial charge in [-0.1, -0.05) is 12.5 Å². The van der Waals surface area contributed by atoms with Crippen LogP contribution in [0.2, 0.25) is 0 Å². The highest BCUT2D eigenvalue weighted by molar-refractivity contribution is 5.84. The van der Waals surface area contributed by atoms with Crippen molar-refractivity contribution in [3.8, 4) is 0 Å². The maximum atomic E-state index is 13.1. The number of halogens is 2. The third-order valence-corrected chi connectivity index (χ3v) is 4.51. The maximum absolute atomic E-state index is 13.1. The predicted octanol–water partition coefficient (Wildman–Crippen LogP) is 3.51. The molecule has 0 aliphatic heterocycles. The van der Waals surface area contributed by atoms with Crippen LogP contribution in [0.4, 0.5) is 8.78 Å². The molecule has 0 saturated heterocycles. The molecule has 0 amide bonds. The molecule has 3 rings (SSSR count). The van der Waals surface area contributed by atoms with Gasteiger partial charge in [0.25, 0.3) is 0 Å². The van der Waals surface area contributed by atoms with E-state index in [-0.39, 0.29) is 18.1 Å². The Morgan fingerprint density at radius 2 is 2.00 bits per heavy atom. The van der Waals surface area contributed by atoms with Gasteiger partial charge in [-0.25, -0.2) is 8.78 Å². The van der Waals surface area contributed by atoms with Gasteiger partial charge in [0, 0.05) is 12.3 Å². The summed E-state index contributed by atoms with van der Waals surface area (Å²) >= 11 is 0. The molecule has 3 atom stereocenters. The molecule has 0 aromatic heterocycles. The number of Topliss-reactive ketones (excluding diaryl/α,β-unsaturated/α-hetero) is 1. The van der Waals surface area contributed by atoms with E-state index in [0.717, 1.165) is 24.5 Å². The van der Waals surface area contributed by atoms with Crippen molar-refractivity contribution in [2.75, 3.05) is 0 Å². The second-order valence-corrected chi connectivity index (χ2v) is 5.67. The highest BCUT2D eigenvalue weighted by Gasteiger charge is 2.42. The van der Waals surface area contributed by atoms with Gasteiger partial charge in [-0.15, -0.1) is 0 Å². The molecule has 1 aromatic carbocycles. The molecular formula is C15H16F2O. The van der Waals surface area contributed by atoms with Crippen molar-refractivity contribution >= 4 is 5.78 Å². The van der Waals surface area contributed by atoms with Crippen LogP contribution in [-0.4, -0.2) is 5.78 Å². The lowest BCUT2D eigenvalue weighted by molar-refractivity contribution is -0.123. The summed E-state index contributed by atoms with van der Waals surface area (Å²) in [6.07, 6.45) is 4.87. The number of benzene rings is 1. The van der Waals surface area contributed by atoms with Crippen molar-refractivity contribution in [2.45, 2.75) is 32.1 Å². The summed E-state index contributed by atoms with van der Waals surface area (Å²) in [5.74, 6) is -0.0777. The fraction of sp³-hybridized carbons (Fsp3) is 0.533. The molecule has 96 valence electrons. The van der Waals surface area contributed by atoms with Crippen LogP contribution in [0.15, 0.2) is 18.2 Å². The zero-order valence-corrected chi connectivity index (χ0v) is 10.2. The van der Waals surface area contributed by atoms with Crippen LogP contribution >= 0.6 is 0 Å². The van der Waals surface area contributed by atoms with Crippen LogP contribution in [0.25, 0.3) is 0 Å². The lowest BCUT2D eigenvalue weighted by Crippen LogP contribution is -2.22.